The Balaban J connectivity index is 2.60. The monoisotopic (exact) mass is 392 g/mol. The first-order valence-corrected chi connectivity index (χ1v) is 8.06. The van der Waals surface area contributed by atoms with E-state index in [1.54, 1.807) is 0 Å². The standard InChI is InChI=1S/C14H22Br2N2O/c1-4-18(7-5-6-17(2)3)10-11-8-12(15)14(19)13(16)9-11/h8-9,19H,4-7,10H2,1-3H3. The van der Waals surface area contributed by atoms with Gasteiger partial charge in [0, 0.05) is 6.54 Å². The molecule has 0 atom stereocenters. The summed E-state index contributed by atoms with van der Waals surface area (Å²) in [5.41, 5.74) is 1.20. The Morgan fingerprint density at radius 2 is 1.68 bits per heavy atom. The molecule has 1 N–H and O–H groups in total. The minimum absolute atomic E-state index is 0.263. The molecule has 5 heteroatoms. The first-order chi connectivity index (χ1) is 8.93. The second-order valence-electron chi connectivity index (χ2n) is 4.93. The molecule has 108 valence electrons. The van der Waals surface area contributed by atoms with Gasteiger partial charge < -0.3 is 10.0 Å². The van der Waals surface area contributed by atoms with Crippen LogP contribution in [-0.4, -0.2) is 48.6 Å². The lowest BCUT2D eigenvalue weighted by Gasteiger charge is -2.22. The van der Waals surface area contributed by atoms with Gasteiger partial charge in [-0.2, -0.15) is 0 Å². The summed E-state index contributed by atoms with van der Waals surface area (Å²) in [5.74, 6) is 0.263. The number of rotatable bonds is 7. The number of benzene rings is 1. The van der Waals surface area contributed by atoms with Gasteiger partial charge in [-0.1, -0.05) is 6.92 Å². The van der Waals surface area contributed by atoms with Gasteiger partial charge in [-0.3, -0.25) is 4.90 Å². The van der Waals surface area contributed by atoms with E-state index in [0.29, 0.717) is 0 Å². The molecule has 0 aliphatic carbocycles. The zero-order chi connectivity index (χ0) is 14.4. The van der Waals surface area contributed by atoms with Crippen LogP contribution in [0.2, 0.25) is 0 Å². The summed E-state index contributed by atoms with van der Waals surface area (Å²) in [7, 11) is 4.20. The van der Waals surface area contributed by atoms with Crippen LogP contribution in [0.15, 0.2) is 21.1 Å². The van der Waals surface area contributed by atoms with E-state index in [1.165, 1.54) is 12.0 Å². The minimum atomic E-state index is 0.263. The molecule has 0 aliphatic heterocycles. The van der Waals surface area contributed by atoms with Gasteiger partial charge in [-0.15, -0.1) is 0 Å². The first kappa shape index (κ1) is 17.0. The number of aromatic hydroxyl groups is 1. The highest BCUT2D eigenvalue weighted by Crippen LogP contribution is 2.33. The van der Waals surface area contributed by atoms with Crippen molar-refractivity contribution in [1.82, 2.24) is 9.80 Å². The Hall–Kier alpha value is -0.100. The van der Waals surface area contributed by atoms with E-state index in [2.05, 4.69) is 62.7 Å². The molecule has 1 aromatic carbocycles. The second kappa shape index (κ2) is 8.25. The topological polar surface area (TPSA) is 26.7 Å². The molecule has 3 nitrogen and oxygen atoms in total. The number of hydrogen-bond acceptors (Lipinski definition) is 3. The van der Waals surface area contributed by atoms with Crippen molar-refractivity contribution in [2.24, 2.45) is 0 Å². The fourth-order valence-electron chi connectivity index (χ4n) is 1.93. The third-order valence-corrected chi connectivity index (χ3v) is 4.22. The third kappa shape index (κ3) is 5.81. The van der Waals surface area contributed by atoms with Gasteiger partial charge in [0.25, 0.3) is 0 Å². The van der Waals surface area contributed by atoms with E-state index in [4.69, 9.17) is 0 Å². The molecule has 1 aromatic rings. The zero-order valence-corrected chi connectivity index (χ0v) is 15.0. The van der Waals surface area contributed by atoms with Gasteiger partial charge in [-0.25, -0.2) is 0 Å². The van der Waals surface area contributed by atoms with Crippen LogP contribution in [0.5, 0.6) is 5.75 Å². The fraction of sp³-hybridized carbons (Fsp3) is 0.571. The van der Waals surface area contributed by atoms with Crippen molar-refractivity contribution < 1.29 is 5.11 Å². The molecule has 0 aliphatic rings. The summed E-state index contributed by atoms with van der Waals surface area (Å²) in [6.45, 7) is 6.31. The van der Waals surface area contributed by atoms with Gasteiger partial charge >= 0.3 is 0 Å². The van der Waals surface area contributed by atoms with Crippen molar-refractivity contribution in [3.05, 3.63) is 26.6 Å². The molecule has 0 fully saturated rings. The van der Waals surface area contributed by atoms with Crippen LogP contribution >= 0.6 is 31.9 Å². The summed E-state index contributed by atoms with van der Waals surface area (Å²) in [6.07, 6.45) is 1.17. The van der Waals surface area contributed by atoms with Crippen molar-refractivity contribution in [2.75, 3.05) is 33.7 Å². The van der Waals surface area contributed by atoms with Crippen LogP contribution in [-0.2, 0) is 6.54 Å². The molecule has 0 radical (unpaired) electrons. The molecule has 0 saturated heterocycles. The smallest absolute Gasteiger partial charge is 0.143 e. The van der Waals surface area contributed by atoms with E-state index in [-0.39, 0.29) is 5.75 Å². The normalized spacial score (nSPS) is 11.5. The van der Waals surface area contributed by atoms with Crippen LogP contribution < -0.4 is 0 Å². The van der Waals surface area contributed by atoms with Crippen molar-refractivity contribution in [3.8, 4) is 5.75 Å². The molecule has 0 amide bonds. The minimum Gasteiger partial charge on any atom is -0.506 e. The Bertz CT molecular complexity index is 387. The number of phenols is 1. The summed E-state index contributed by atoms with van der Waals surface area (Å²) >= 11 is 6.75. The van der Waals surface area contributed by atoms with Gasteiger partial charge in [0.05, 0.1) is 8.95 Å². The molecule has 0 aromatic heterocycles. The summed E-state index contributed by atoms with van der Waals surface area (Å²) in [4.78, 5) is 4.62. The largest absolute Gasteiger partial charge is 0.506 e. The lowest BCUT2D eigenvalue weighted by molar-refractivity contribution is 0.259. The lowest BCUT2D eigenvalue weighted by Crippen LogP contribution is -2.26. The van der Waals surface area contributed by atoms with Crippen molar-refractivity contribution in [2.45, 2.75) is 19.9 Å². The van der Waals surface area contributed by atoms with Crippen LogP contribution in [0, 0.1) is 0 Å². The summed E-state index contributed by atoms with van der Waals surface area (Å²) < 4.78 is 1.47. The van der Waals surface area contributed by atoms with Gasteiger partial charge in [0.2, 0.25) is 0 Å². The molecule has 0 unspecified atom stereocenters. The van der Waals surface area contributed by atoms with E-state index in [9.17, 15) is 5.11 Å². The van der Waals surface area contributed by atoms with Gasteiger partial charge in [-0.05, 0) is 89.7 Å². The van der Waals surface area contributed by atoms with E-state index in [1.807, 2.05) is 12.1 Å². The van der Waals surface area contributed by atoms with Gasteiger partial charge in [0.15, 0.2) is 0 Å². The maximum Gasteiger partial charge on any atom is 0.143 e. The van der Waals surface area contributed by atoms with E-state index >= 15 is 0 Å². The van der Waals surface area contributed by atoms with Crippen LogP contribution in [0.1, 0.15) is 18.9 Å². The molecule has 0 bridgehead atoms. The van der Waals surface area contributed by atoms with Crippen LogP contribution in [0.25, 0.3) is 0 Å². The van der Waals surface area contributed by atoms with Crippen LogP contribution in [0.4, 0.5) is 0 Å². The predicted octanol–water partition coefficient (Wildman–Crippen LogP) is 3.69. The molecule has 19 heavy (non-hydrogen) atoms. The average Bonchev–Trinajstić information content (AvgIpc) is 2.34. The highest BCUT2D eigenvalue weighted by Gasteiger charge is 2.09. The highest BCUT2D eigenvalue weighted by molar-refractivity contribution is 9.11. The average molecular weight is 394 g/mol. The molecule has 0 heterocycles. The van der Waals surface area contributed by atoms with E-state index < -0.39 is 0 Å². The van der Waals surface area contributed by atoms with Crippen LogP contribution in [0.3, 0.4) is 0 Å². The van der Waals surface area contributed by atoms with E-state index in [0.717, 1.165) is 35.1 Å². The lowest BCUT2D eigenvalue weighted by atomic mass is 10.2. The third-order valence-electron chi connectivity index (χ3n) is 3.01. The van der Waals surface area contributed by atoms with Gasteiger partial charge in [0.1, 0.15) is 5.75 Å². The quantitative estimate of drug-likeness (QED) is 0.765. The molecular formula is C14H22Br2N2O. The number of phenolic OH excluding ortho intramolecular Hbond substituents is 1. The maximum absolute atomic E-state index is 9.71. The molecule has 1 rings (SSSR count). The zero-order valence-electron chi connectivity index (χ0n) is 11.8. The predicted molar refractivity (Wildman–Crippen MR) is 87.6 cm³/mol. The molecule has 0 saturated carbocycles. The Kier molecular flexibility index (Phi) is 7.36. The number of halogens is 2. The Labute approximate surface area is 132 Å². The Morgan fingerprint density at radius 3 is 2.16 bits per heavy atom. The first-order valence-electron chi connectivity index (χ1n) is 6.48. The number of nitrogens with zero attached hydrogens (tertiary/aromatic N) is 2. The summed E-state index contributed by atoms with van der Waals surface area (Å²) in [6, 6.07) is 3.96. The van der Waals surface area contributed by atoms with Crippen molar-refractivity contribution in [1.29, 1.82) is 0 Å². The van der Waals surface area contributed by atoms with Crippen molar-refractivity contribution in [3.63, 3.8) is 0 Å². The summed E-state index contributed by atoms with van der Waals surface area (Å²) in [5, 5.41) is 9.71. The number of hydrogen-bond donors (Lipinski definition) is 1. The molecule has 0 spiro atoms. The Morgan fingerprint density at radius 1 is 1.11 bits per heavy atom. The molecular weight excluding hydrogens is 372 g/mol. The second-order valence-corrected chi connectivity index (χ2v) is 6.64. The fourth-order valence-corrected chi connectivity index (χ4v) is 3.21. The maximum atomic E-state index is 9.71. The van der Waals surface area contributed by atoms with Crippen molar-refractivity contribution >= 4 is 31.9 Å². The SMILES string of the molecule is CCN(CCCN(C)C)Cc1cc(Br)c(O)c(Br)c1. The highest BCUT2D eigenvalue weighted by atomic mass is 79.9.